The van der Waals surface area contributed by atoms with Crippen LogP contribution in [0.15, 0.2) is 23.8 Å². The summed E-state index contributed by atoms with van der Waals surface area (Å²) in [4.78, 5) is 49.1. The van der Waals surface area contributed by atoms with E-state index in [4.69, 9.17) is 32.7 Å². The number of hydrogen-bond donors (Lipinski definition) is 2. The van der Waals surface area contributed by atoms with Gasteiger partial charge in [-0.1, -0.05) is 11.6 Å². The quantitative estimate of drug-likeness (QED) is 0.264. The summed E-state index contributed by atoms with van der Waals surface area (Å²) in [5, 5.41) is 20.6. The van der Waals surface area contributed by atoms with Crippen LogP contribution >= 0.6 is 23.2 Å². The fourth-order valence-corrected chi connectivity index (χ4v) is 7.20. The average molecular weight is 525 g/mol. The molecule has 2 N–H and O–H groups in total. The molecule has 2 aliphatic carbocycles. The topological polar surface area (TPSA) is 134 Å². The summed E-state index contributed by atoms with van der Waals surface area (Å²) in [6, 6.07) is 2.94. The summed E-state index contributed by atoms with van der Waals surface area (Å²) in [6.45, 7) is 0. The summed E-state index contributed by atoms with van der Waals surface area (Å²) >= 11 is 14.1. The number of phenols is 1. The van der Waals surface area contributed by atoms with Gasteiger partial charge in [0.05, 0.1) is 26.1 Å². The Morgan fingerprint density at radius 2 is 1.60 bits per heavy atom. The Labute approximate surface area is 209 Å². The molecule has 0 bridgehead atoms. The van der Waals surface area contributed by atoms with Crippen LogP contribution in [0.2, 0.25) is 0 Å². The Morgan fingerprint density at radius 1 is 1.00 bits per heavy atom. The van der Waals surface area contributed by atoms with Crippen molar-refractivity contribution < 1.29 is 39.0 Å². The number of amides is 4. The molecule has 5 rings (SSSR count). The minimum atomic E-state index is -1.98. The highest BCUT2D eigenvalue weighted by molar-refractivity contribution is 6.53. The lowest BCUT2D eigenvalue weighted by Gasteiger charge is -2.50. The number of likely N-dealkylation sites (tertiary alicyclic amines) is 1. The van der Waals surface area contributed by atoms with E-state index in [0.29, 0.717) is 11.1 Å². The van der Waals surface area contributed by atoms with Crippen molar-refractivity contribution in [3.8, 4) is 17.2 Å². The normalized spacial score (nSPS) is 36.1. The van der Waals surface area contributed by atoms with Crippen LogP contribution in [0.3, 0.4) is 0 Å². The molecule has 2 aliphatic heterocycles. The van der Waals surface area contributed by atoms with Crippen LogP contribution in [-0.4, -0.2) is 74.9 Å². The Balaban J connectivity index is 1.78. The second kappa shape index (κ2) is 7.59. The second-order valence-corrected chi connectivity index (χ2v) is 10.5. The van der Waals surface area contributed by atoms with Crippen LogP contribution in [0.25, 0.3) is 0 Å². The molecule has 0 aromatic heterocycles. The van der Waals surface area contributed by atoms with E-state index < -0.39 is 57.0 Å². The molecule has 1 aromatic carbocycles. The number of ether oxygens (including phenoxy) is 2. The molecule has 0 spiro atoms. The van der Waals surface area contributed by atoms with Crippen molar-refractivity contribution in [3.05, 3.63) is 29.3 Å². The lowest BCUT2D eigenvalue weighted by atomic mass is 9.56. The molecule has 4 amide bonds. The minimum Gasteiger partial charge on any atom is -0.502 e. The van der Waals surface area contributed by atoms with E-state index >= 15 is 0 Å². The molecule has 35 heavy (non-hydrogen) atoms. The Bertz CT molecular complexity index is 1210. The number of carbonyl (C=O) groups is 4. The van der Waals surface area contributed by atoms with Gasteiger partial charge in [0.25, 0.3) is 23.6 Å². The number of fused-ring (bicyclic) bond motifs is 4. The number of allylic oxidation sites excluding steroid dienone is 2. The maximum Gasteiger partial charge on any atom is 0.257 e. The number of benzene rings is 1. The van der Waals surface area contributed by atoms with Gasteiger partial charge < -0.3 is 14.6 Å². The molecule has 6 atom stereocenters. The predicted molar refractivity (Wildman–Crippen MR) is 120 cm³/mol. The number of rotatable bonds is 3. The average Bonchev–Trinajstić information content (AvgIpc) is 3.14. The first kappa shape index (κ1) is 23.9. The highest BCUT2D eigenvalue weighted by Gasteiger charge is 2.76. The fourth-order valence-electron chi connectivity index (χ4n) is 6.18. The molecule has 10 nitrogen and oxygen atoms in total. The molecule has 186 valence electrons. The molecular weight excluding hydrogens is 503 g/mol. The summed E-state index contributed by atoms with van der Waals surface area (Å²) in [7, 11) is 3.96. The number of carbonyl (C=O) groups excluding carboxylic acids is 4. The van der Waals surface area contributed by atoms with E-state index in [1.54, 1.807) is 6.08 Å². The lowest BCUT2D eigenvalue weighted by molar-refractivity contribution is -0.173. The minimum absolute atomic E-state index is 0.0370. The Kier molecular flexibility index (Phi) is 5.18. The highest BCUT2D eigenvalue weighted by Crippen LogP contribution is 2.65. The van der Waals surface area contributed by atoms with Gasteiger partial charge in [-0.05, 0) is 36.5 Å². The van der Waals surface area contributed by atoms with Crippen molar-refractivity contribution in [1.82, 2.24) is 9.96 Å². The van der Waals surface area contributed by atoms with Crippen LogP contribution in [0.4, 0.5) is 0 Å². The number of phenolic OH excluding ortho intramolecular Hbond substituents is 1. The number of hydroxylamine groups is 2. The van der Waals surface area contributed by atoms with E-state index in [2.05, 4.69) is 0 Å². The van der Waals surface area contributed by atoms with Gasteiger partial charge in [0.1, 0.15) is 0 Å². The van der Waals surface area contributed by atoms with E-state index in [1.807, 2.05) is 0 Å². The summed E-state index contributed by atoms with van der Waals surface area (Å²) in [5.74, 6) is -6.74. The van der Waals surface area contributed by atoms with Gasteiger partial charge in [-0.15, -0.1) is 23.2 Å². The number of nitrogens with zero attached hydrogens (tertiary/aromatic N) is 2. The number of alkyl halides is 2. The first-order valence-electron chi connectivity index (χ1n) is 10.9. The molecule has 6 unspecified atom stereocenters. The van der Waals surface area contributed by atoms with E-state index in [9.17, 15) is 29.5 Å². The molecule has 1 aromatic rings. The van der Waals surface area contributed by atoms with Gasteiger partial charge in [-0.2, -0.15) is 5.06 Å². The summed E-state index contributed by atoms with van der Waals surface area (Å²) in [6.07, 6.45) is 1.67. The third-order valence-electron chi connectivity index (χ3n) is 7.83. The van der Waals surface area contributed by atoms with Crippen molar-refractivity contribution >= 4 is 46.8 Å². The van der Waals surface area contributed by atoms with Crippen LogP contribution in [0, 0.1) is 17.8 Å². The molecule has 2 heterocycles. The lowest BCUT2D eigenvalue weighted by Crippen LogP contribution is -2.60. The van der Waals surface area contributed by atoms with Gasteiger partial charge in [0, 0.05) is 13.0 Å². The van der Waals surface area contributed by atoms with Crippen LogP contribution in [0.5, 0.6) is 17.2 Å². The van der Waals surface area contributed by atoms with E-state index in [0.717, 1.165) is 4.90 Å². The van der Waals surface area contributed by atoms with Crippen LogP contribution < -0.4 is 9.47 Å². The molecule has 1 saturated carbocycles. The van der Waals surface area contributed by atoms with Crippen molar-refractivity contribution in [2.75, 3.05) is 21.3 Å². The third-order valence-corrected chi connectivity index (χ3v) is 9.24. The maximum absolute atomic E-state index is 13.5. The molecule has 4 aliphatic rings. The second-order valence-electron chi connectivity index (χ2n) is 9.26. The number of imide groups is 2. The Hall–Kier alpha value is -2.82. The fraction of sp³-hybridized carbons (Fsp3) is 0.478. The first-order chi connectivity index (χ1) is 16.4. The van der Waals surface area contributed by atoms with Crippen molar-refractivity contribution in [2.45, 2.75) is 28.5 Å². The van der Waals surface area contributed by atoms with Crippen LogP contribution in [0.1, 0.15) is 24.3 Å². The zero-order valence-corrected chi connectivity index (χ0v) is 20.5. The van der Waals surface area contributed by atoms with Gasteiger partial charge in [-0.25, -0.2) is 0 Å². The highest BCUT2D eigenvalue weighted by atomic mass is 35.5. The monoisotopic (exact) mass is 524 g/mol. The number of methoxy groups -OCH3 is 2. The molecule has 12 heteroatoms. The van der Waals surface area contributed by atoms with Crippen LogP contribution in [-0.2, 0) is 19.2 Å². The zero-order valence-electron chi connectivity index (χ0n) is 18.9. The first-order valence-corrected chi connectivity index (χ1v) is 11.6. The maximum atomic E-state index is 13.5. The van der Waals surface area contributed by atoms with E-state index in [-0.39, 0.29) is 35.2 Å². The SMILES string of the molecule is COc1cc(C2C3=CCC4C(=O)N(O)C(=O)C4C3CC3(Cl)C(=O)N(C)C(=O)C23Cl)cc(OC)c1O. The van der Waals surface area contributed by atoms with Crippen molar-refractivity contribution in [1.29, 1.82) is 0 Å². The number of halogens is 2. The van der Waals surface area contributed by atoms with Gasteiger partial charge in [0.15, 0.2) is 21.2 Å². The van der Waals surface area contributed by atoms with Gasteiger partial charge >= 0.3 is 0 Å². The van der Waals surface area contributed by atoms with Crippen molar-refractivity contribution in [3.63, 3.8) is 0 Å². The number of aromatic hydroxyl groups is 1. The summed E-state index contributed by atoms with van der Waals surface area (Å²) in [5.41, 5.74) is 0.903. The molecule has 2 saturated heterocycles. The zero-order chi connectivity index (χ0) is 25.6. The standard InChI is InChI=1S/C23H22Cl2N2O8/c1-26-20(31)22(24)8-12-10(4-5-11-15(12)19(30)27(33)18(11)29)16(23(22,25)21(26)32)9-6-13(34-2)17(28)14(7-9)35-3/h4,6-7,11-12,15-16,28,33H,5,8H2,1-3H3. The molecule has 3 fully saturated rings. The third kappa shape index (κ3) is 2.75. The number of hydrogen-bond acceptors (Lipinski definition) is 8. The van der Waals surface area contributed by atoms with Gasteiger partial charge in [0.2, 0.25) is 5.75 Å². The van der Waals surface area contributed by atoms with E-state index in [1.165, 1.54) is 33.4 Å². The Morgan fingerprint density at radius 3 is 2.17 bits per heavy atom. The predicted octanol–water partition coefficient (Wildman–Crippen LogP) is 1.79. The largest absolute Gasteiger partial charge is 0.502 e. The molecular formula is C23H22Cl2N2O8. The summed E-state index contributed by atoms with van der Waals surface area (Å²) < 4.78 is 10.6. The smallest absolute Gasteiger partial charge is 0.257 e. The molecule has 0 radical (unpaired) electrons. The van der Waals surface area contributed by atoms with Gasteiger partial charge in [-0.3, -0.25) is 29.3 Å². The van der Waals surface area contributed by atoms with Crippen molar-refractivity contribution in [2.24, 2.45) is 17.8 Å².